The molecule has 1 aromatic rings. The fourth-order valence-corrected chi connectivity index (χ4v) is 1.84. The molecule has 0 saturated heterocycles. The van der Waals surface area contributed by atoms with Crippen LogP contribution in [-0.2, 0) is 4.79 Å². The molecule has 0 unspecified atom stereocenters. The van der Waals surface area contributed by atoms with Gasteiger partial charge >= 0.3 is 0 Å². The number of rotatable bonds is 7. The van der Waals surface area contributed by atoms with Gasteiger partial charge in [-0.3, -0.25) is 9.59 Å². The molecule has 1 aromatic carbocycles. The van der Waals surface area contributed by atoms with E-state index >= 15 is 0 Å². The minimum absolute atomic E-state index is 0.0465. The van der Waals surface area contributed by atoms with Gasteiger partial charge in [-0.15, -0.1) is 0 Å². The van der Waals surface area contributed by atoms with Crippen molar-refractivity contribution in [1.82, 2.24) is 4.90 Å². The Morgan fingerprint density at radius 2 is 2.00 bits per heavy atom. The zero-order valence-corrected chi connectivity index (χ0v) is 12.0. The van der Waals surface area contributed by atoms with Gasteiger partial charge in [0.2, 0.25) is 5.91 Å². The highest BCUT2D eigenvalue weighted by Crippen LogP contribution is 2.13. The highest BCUT2D eigenvalue weighted by molar-refractivity contribution is 5.99. The van der Waals surface area contributed by atoms with Gasteiger partial charge in [-0.1, -0.05) is 24.3 Å². The summed E-state index contributed by atoms with van der Waals surface area (Å²) in [5.74, 6) is -0.565. The van der Waals surface area contributed by atoms with Gasteiger partial charge < -0.3 is 16.0 Å². The molecule has 108 valence electrons. The summed E-state index contributed by atoms with van der Waals surface area (Å²) in [6.07, 6.45) is 0. The number of nitrogens with one attached hydrogen (secondary N) is 1. The van der Waals surface area contributed by atoms with E-state index in [0.29, 0.717) is 24.3 Å². The van der Waals surface area contributed by atoms with Gasteiger partial charge in [0, 0.05) is 18.8 Å². The lowest BCUT2D eigenvalue weighted by Gasteiger charge is -2.21. The van der Waals surface area contributed by atoms with Crippen LogP contribution in [0.5, 0.6) is 0 Å². The number of nitrogens with zero attached hydrogens (tertiary/aromatic N) is 1. The molecule has 20 heavy (non-hydrogen) atoms. The Kier molecular flexibility index (Phi) is 5.77. The van der Waals surface area contributed by atoms with E-state index in [1.165, 1.54) is 0 Å². The van der Waals surface area contributed by atoms with Gasteiger partial charge in [0.05, 0.1) is 12.1 Å². The minimum Gasteiger partial charge on any atom is -0.376 e. The van der Waals surface area contributed by atoms with E-state index in [9.17, 15) is 9.59 Å². The predicted molar refractivity (Wildman–Crippen MR) is 80.5 cm³/mol. The van der Waals surface area contributed by atoms with Crippen molar-refractivity contribution in [2.45, 2.75) is 13.8 Å². The fraction of sp³-hybridized carbons (Fsp3) is 0.333. The van der Waals surface area contributed by atoms with Crippen LogP contribution in [0.4, 0.5) is 5.69 Å². The number of carbonyl (C=O) groups excluding carboxylic acids is 2. The quantitative estimate of drug-likeness (QED) is 0.742. The van der Waals surface area contributed by atoms with E-state index in [1.807, 2.05) is 13.8 Å². The van der Waals surface area contributed by atoms with Gasteiger partial charge in [-0.25, -0.2) is 0 Å². The number of anilines is 1. The number of benzene rings is 1. The molecule has 0 spiro atoms. The summed E-state index contributed by atoms with van der Waals surface area (Å²) in [6.45, 7) is 8.87. The van der Waals surface area contributed by atoms with Crippen LogP contribution < -0.4 is 11.1 Å². The van der Waals surface area contributed by atoms with E-state index in [2.05, 4.69) is 11.9 Å². The molecule has 0 heterocycles. The molecule has 0 bridgehead atoms. The van der Waals surface area contributed by atoms with Crippen molar-refractivity contribution in [2.24, 2.45) is 5.73 Å². The summed E-state index contributed by atoms with van der Waals surface area (Å²) in [5, 5.41) is 2.96. The van der Waals surface area contributed by atoms with Gasteiger partial charge in [0.15, 0.2) is 0 Å². The Balaban J connectivity index is 2.69. The standard InChI is InChI=1S/C15H21N3O2/c1-4-18(10-11(2)3)14(19)9-17-13-8-6-5-7-12(13)15(16)20/h5-8,17H,2,4,9-10H2,1,3H3,(H2,16,20). The number of hydrogen-bond acceptors (Lipinski definition) is 3. The van der Waals surface area contributed by atoms with Crippen LogP contribution in [0.15, 0.2) is 36.4 Å². The van der Waals surface area contributed by atoms with Crippen molar-refractivity contribution in [2.75, 3.05) is 25.0 Å². The van der Waals surface area contributed by atoms with Crippen molar-refractivity contribution in [3.8, 4) is 0 Å². The number of likely N-dealkylation sites (N-methyl/N-ethyl adjacent to an activating group) is 1. The SMILES string of the molecule is C=C(C)CN(CC)C(=O)CNc1ccccc1C(N)=O. The van der Waals surface area contributed by atoms with Crippen molar-refractivity contribution in [3.05, 3.63) is 42.0 Å². The maximum absolute atomic E-state index is 12.1. The van der Waals surface area contributed by atoms with Crippen molar-refractivity contribution >= 4 is 17.5 Å². The molecule has 0 aromatic heterocycles. The van der Waals surface area contributed by atoms with E-state index in [1.54, 1.807) is 29.2 Å². The second-order valence-corrected chi connectivity index (χ2v) is 4.63. The fourth-order valence-electron chi connectivity index (χ4n) is 1.84. The molecule has 0 radical (unpaired) electrons. The number of primary amides is 1. The Morgan fingerprint density at radius 1 is 1.35 bits per heavy atom. The molecule has 0 fully saturated rings. The van der Waals surface area contributed by atoms with Crippen molar-refractivity contribution < 1.29 is 9.59 Å². The lowest BCUT2D eigenvalue weighted by atomic mass is 10.1. The lowest BCUT2D eigenvalue weighted by molar-refractivity contribution is -0.128. The lowest BCUT2D eigenvalue weighted by Crippen LogP contribution is -2.36. The van der Waals surface area contributed by atoms with Crippen LogP contribution in [0.2, 0.25) is 0 Å². The molecular formula is C15H21N3O2. The van der Waals surface area contributed by atoms with Gasteiger partial charge in [-0.05, 0) is 26.0 Å². The Hall–Kier alpha value is -2.30. The molecule has 0 aliphatic rings. The molecule has 0 aliphatic heterocycles. The van der Waals surface area contributed by atoms with Crippen LogP contribution >= 0.6 is 0 Å². The number of carbonyl (C=O) groups is 2. The minimum atomic E-state index is -0.519. The second kappa shape index (κ2) is 7.33. The third-order valence-electron chi connectivity index (χ3n) is 2.82. The Morgan fingerprint density at radius 3 is 2.55 bits per heavy atom. The average Bonchev–Trinajstić information content (AvgIpc) is 2.42. The molecule has 0 saturated carbocycles. The van der Waals surface area contributed by atoms with Crippen LogP contribution in [-0.4, -0.2) is 36.3 Å². The van der Waals surface area contributed by atoms with Crippen LogP contribution in [0.25, 0.3) is 0 Å². The van der Waals surface area contributed by atoms with Gasteiger partial charge in [-0.2, -0.15) is 0 Å². The third kappa shape index (κ3) is 4.42. The van der Waals surface area contributed by atoms with E-state index in [-0.39, 0.29) is 12.5 Å². The Labute approximate surface area is 119 Å². The second-order valence-electron chi connectivity index (χ2n) is 4.63. The van der Waals surface area contributed by atoms with Gasteiger partial charge in [0.25, 0.3) is 5.91 Å². The zero-order valence-electron chi connectivity index (χ0n) is 12.0. The molecule has 3 N–H and O–H groups in total. The first kappa shape index (κ1) is 15.8. The maximum Gasteiger partial charge on any atom is 0.250 e. The summed E-state index contributed by atoms with van der Waals surface area (Å²) in [7, 11) is 0. The third-order valence-corrected chi connectivity index (χ3v) is 2.82. The summed E-state index contributed by atoms with van der Waals surface area (Å²) in [5.41, 5.74) is 7.16. The number of nitrogens with two attached hydrogens (primary N) is 1. The summed E-state index contributed by atoms with van der Waals surface area (Å²) in [4.78, 5) is 25.0. The van der Waals surface area contributed by atoms with Gasteiger partial charge in [0.1, 0.15) is 0 Å². The maximum atomic E-state index is 12.1. The average molecular weight is 275 g/mol. The first-order valence-electron chi connectivity index (χ1n) is 6.50. The topological polar surface area (TPSA) is 75.4 Å². The normalized spacial score (nSPS) is 9.90. The van der Waals surface area contributed by atoms with E-state index in [4.69, 9.17) is 5.73 Å². The zero-order chi connectivity index (χ0) is 15.1. The number of hydrogen-bond donors (Lipinski definition) is 2. The monoisotopic (exact) mass is 275 g/mol. The molecule has 1 rings (SSSR count). The number of amides is 2. The van der Waals surface area contributed by atoms with Crippen LogP contribution in [0, 0.1) is 0 Å². The smallest absolute Gasteiger partial charge is 0.250 e. The van der Waals surface area contributed by atoms with E-state index < -0.39 is 5.91 Å². The first-order valence-corrected chi connectivity index (χ1v) is 6.50. The molecule has 5 heteroatoms. The highest BCUT2D eigenvalue weighted by atomic mass is 16.2. The molecule has 5 nitrogen and oxygen atoms in total. The molecule has 2 amide bonds. The molecular weight excluding hydrogens is 254 g/mol. The van der Waals surface area contributed by atoms with Crippen LogP contribution in [0.1, 0.15) is 24.2 Å². The predicted octanol–water partition coefficient (Wildman–Crippen LogP) is 1.62. The molecule has 0 aliphatic carbocycles. The van der Waals surface area contributed by atoms with Crippen molar-refractivity contribution in [1.29, 1.82) is 0 Å². The summed E-state index contributed by atoms with van der Waals surface area (Å²) in [6, 6.07) is 6.86. The number of para-hydroxylation sites is 1. The first-order chi connectivity index (χ1) is 9.45. The molecule has 0 atom stereocenters. The van der Waals surface area contributed by atoms with E-state index in [0.717, 1.165) is 5.57 Å². The largest absolute Gasteiger partial charge is 0.376 e. The summed E-state index contributed by atoms with van der Waals surface area (Å²) < 4.78 is 0. The van der Waals surface area contributed by atoms with Crippen molar-refractivity contribution in [3.63, 3.8) is 0 Å². The van der Waals surface area contributed by atoms with Crippen LogP contribution in [0.3, 0.4) is 0 Å². The summed E-state index contributed by atoms with van der Waals surface area (Å²) >= 11 is 0. The Bertz CT molecular complexity index is 512. The highest BCUT2D eigenvalue weighted by Gasteiger charge is 2.13.